The maximum Gasteiger partial charge on any atom is 0.243 e. The van der Waals surface area contributed by atoms with Gasteiger partial charge in [0.2, 0.25) is 11.9 Å². The molecular weight excluding hydrogens is 362 g/mol. The highest BCUT2D eigenvalue weighted by Gasteiger charge is 2.23. The summed E-state index contributed by atoms with van der Waals surface area (Å²) in [6.45, 7) is 3.51. The summed E-state index contributed by atoms with van der Waals surface area (Å²) in [6, 6.07) is 2.54. The lowest BCUT2D eigenvalue weighted by Gasteiger charge is -2.29. The van der Waals surface area contributed by atoms with Crippen LogP contribution in [0.15, 0.2) is 36.5 Å². The Morgan fingerprint density at radius 1 is 1.26 bits per heavy atom. The summed E-state index contributed by atoms with van der Waals surface area (Å²) >= 11 is 1.63. The van der Waals surface area contributed by atoms with E-state index < -0.39 is 0 Å². The standard InChI is InChI=1S/C18H21N7OS/c1-2-15(26)21-11-3-5-12(6-4-11)22-17-16-14(7-8-27-16)24-18(25-17)23-13-9-19-20-10-13/h2,7-12H,1,3-6H2,(H,19,20)(H,21,26)(H2,22,23,24,25). The van der Waals surface area contributed by atoms with Gasteiger partial charge in [-0.05, 0) is 43.2 Å². The summed E-state index contributed by atoms with van der Waals surface area (Å²) < 4.78 is 1.05. The first-order valence-electron chi connectivity index (χ1n) is 8.92. The largest absolute Gasteiger partial charge is 0.366 e. The predicted molar refractivity (Wildman–Crippen MR) is 107 cm³/mol. The van der Waals surface area contributed by atoms with Crippen LogP contribution in [0.5, 0.6) is 0 Å². The number of rotatable bonds is 6. The SMILES string of the molecule is C=CC(=O)NC1CCC(Nc2nc(Nc3cn[nH]c3)nc3ccsc23)CC1. The van der Waals surface area contributed by atoms with Crippen LogP contribution in [-0.4, -0.2) is 38.2 Å². The number of aromatic amines is 1. The second-order valence-electron chi connectivity index (χ2n) is 6.55. The summed E-state index contributed by atoms with van der Waals surface area (Å²) in [5, 5.41) is 18.5. The van der Waals surface area contributed by atoms with Crippen molar-refractivity contribution in [2.45, 2.75) is 37.8 Å². The van der Waals surface area contributed by atoms with E-state index in [2.05, 4.69) is 42.7 Å². The number of hydrogen-bond acceptors (Lipinski definition) is 7. The number of nitrogens with zero attached hydrogens (tertiary/aromatic N) is 3. The quantitative estimate of drug-likeness (QED) is 0.487. The molecular formula is C18H21N7OS. The van der Waals surface area contributed by atoms with Crippen molar-refractivity contribution in [2.24, 2.45) is 0 Å². The van der Waals surface area contributed by atoms with Crippen molar-refractivity contribution in [3.63, 3.8) is 0 Å². The van der Waals surface area contributed by atoms with Crippen molar-refractivity contribution in [3.8, 4) is 0 Å². The molecule has 0 spiro atoms. The number of carbonyl (C=O) groups excluding carboxylic acids is 1. The number of hydrogen-bond donors (Lipinski definition) is 4. The van der Waals surface area contributed by atoms with Gasteiger partial charge in [0.25, 0.3) is 0 Å². The zero-order chi connectivity index (χ0) is 18.6. The van der Waals surface area contributed by atoms with Crippen LogP contribution in [0.4, 0.5) is 17.5 Å². The molecule has 1 amide bonds. The van der Waals surface area contributed by atoms with Gasteiger partial charge in [-0.2, -0.15) is 10.1 Å². The molecule has 3 aromatic heterocycles. The van der Waals surface area contributed by atoms with E-state index in [1.165, 1.54) is 6.08 Å². The molecule has 9 heteroatoms. The summed E-state index contributed by atoms with van der Waals surface area (Å²) in [4.78, 5) is 20.7. The van der Waals surface area contributed by atoms with Crippen molar-refractivity contribution in [1.82, 2.24) is 25.5 Å². The monoisotopic (exact) mass is 383 g/mol. The van der Waals surface area contributed by atoms with E-state index in [9.17, 15) is 4.79 Å². The van der Waals surface area contributed by atoms with Gasteiger partial charge in [0, 0.05) is 18.3 Å². The highest BCUT2D eigenvalue weighted by molar-refractivity contribution is 7.17. The van der Waals surface area contributed by atoms with Gasteiger partial charge in [0.15, 0.2) is 0 Å². The molecule has 1 fully saturated rings. The van der Waals surface area contributed by atoms with Crippen LogP contribution in [0.25, 0.3) is 10.2 Å². The number of aromatic nitrogens is 4. The van der Waals surface area contributed by atoms with E-state index in [1.807, 2.05) is 11.4 Å². The van der Waals surface area contributed by atoms with Gasteiger partial charge < -0.3 is 16.0 Å². The van der Waals surface area contributed by atoms with Gasteiger partial charge in [0.1, 0.15) is 5.82 Å². The fourth-order valence-corrected chi connectivity index (χ4v) is 4.08. The van der Waals surface area contributed by atoms with E-state index in [1.54, 1.807) is 23.7 Å². The molecule has 1 saturated carbocycles. The van der Waals surface area contributed by atoms with Crippen molar-refractivity contribution in [2.75, 3.05) is 10.6 Å². The molecule has 4 N–H and O–H groups in total. The minimum atomic E-state index is -0.0996. The van der Waals surface area contributed by atoms with E-state index in [-0.39, 0.29) is 11.9 Å². The molecule has 8 nitrogen and oxygen atoms in total. The van der Waals surface area contributed by atoms with Crippen molar-refractivity contribution in [3.05, 3.63) is 36.5 Å². The molecule has 0 atom stereocenters. The molecule has 0 aromatic carbocycles. The first-order valence-corrected chi connectivity index (χ1v) is 9.80. The molecule has 0 unspecified atom stereocenters. The Morgan fingerprint density at radius 2 is 2.07 bits per heavy atom. The van der Waals surface area contributed by atoms with Crippen LogP contribution in [0.1, 0.15) is 25.7 Å². The Kier molecular flexibility index (Phi) is 5.01. The van der Waals surface area contributed by atoms with Gasteiger partial charge >= 0.3 is 0 Å². The predicted octanol–water partition coefficient (Wildman–Crippen LogP) is 3.18. The normalized spacial score (nSPS) is 19.6. The van der Waals surface area contributed by atoms with Gasteiger partial charge in [-0.15, -0.1) is 11.3 Å². The second kappa shape index (κ2) is 7.75. The Hall–Kier alpha value is -2.94. The number of H-pyrrole nitrogens is 1. The molecule has 1 aliphatic carbocycles. The maximum absolute atomic E-state index is 11.5. The molecule has 3 heterocycles. The molecule has 140 valence electrons. The zero-order valence-electron chi connectivity index (χ0n) is 14.7. The number of fused-ring (bicyclic) bond motifs is 1. The first kappa shape index (κ1) is 17.5. The average molecular weight is 383 g/mol. The van der Waals surface area contributed by atoms with E-state index in [4.69, 9.17) is 0 Å². The number of nitrogens with one attached hydrogen (secondary N) is 4. The second-order valence-corrected chi connectivity index (χ2v) is 7.46. The lowest BCUT2D eigenvalue weighted by molar-refractivity contribution is -0.117. The van der Waals surface area contributed by atoms with Gasteiger partial charge in [0.05, 0.1) is 22.1 Å². The Bertz CT molecular complexity index is 928. The third kappa shape index (κ3) is 4.08. The van der Waals surface area contributed by atoms with Crippen LogP contribution in [-0.2, 0) is 4.79 Å². The minimum absolute atomic E-state index is 0.0996. The molecule has 0 saturated heterocycles. The molecule has 27 heavy (non-hydrogen) atoms. The summed E-state index contributed by atoms with van der Waals surface area (Å²) in [5.41, 5.74) is 1.73. The Balaban J connectivity index is 1.46. The number of carbonyl (C=O) groups is 1. The highest BCUT2D eigenvalue weighted by atomic mass is 32.1. The molecule has 0 aliphatic heterocycles. The van der Waals surface area contributed by atoms with Crippen LogP contribution < -0.4 is 16.0 Å². The number of thiophene rings is 1. The van der Waals surface area contributed by atoms with E-state index in [0.29, 0.717) is 12.0 Å². The lowest BCUT2D eigenvalue weighted by atomic mass is 9.91. The molecule has 0 radical (unpaired) electrons. The zero-order valence-corrected chi connectivity index (χ0v) is 15.6. The van der Waals surface area contributed by atoms with E-state index in [0.717, 1.165) is 47.4 Å². The number of amides is 1. The average Bonchev–Trinajstić information content (AvgIpc) is 3.35. The third-order valence-corrected chi connectivity index (χ3v) is 5.57. The van der Waals surface area contributed by atoms with Crippen LogP contribution in [0, 0.1) is 0 Å². The minimum Gasteiger partial charge on any atom is -0.366 e. The van der Waals surface area contributed by atoms with Gasteiger partial charge in [-0.3, -0.25) is 9.89 Å². The smallest absolute Gasteiger partial charge is 0.243 e. The molecule has 1 aliphatic rings. The van der Waals surface area contributed by atoms with Crippen LogP contribution in [0.2, 0.25) is 0 Å². The summed E-state index contributed by atoms with van der Waals surface area (Å²) in [5.74, 6) is 1.29. The lowest BCUT2D eigenvalue weighted by Crippen LogP contribution is -2.39. The van der Waals surface area contributed by atoms with Crippen LogP contribution in [0.3, 0.4) is 0 Å². The fraction of sp³-hybridized carbons (Fsp3) is 0.333. The highest BCUT2D eigenvalue weighted by Crippen LogP contribution is 2.30. The van der Waals surface area contributed by atoms with E-state index >= 15 is 0 Å². The number of anilines is 3. The molecule has 0 bridgehead atoms. The summed E-state index contributed by atoms with van der Waals surface area (Å²) in [6.07, 6.45) is 8.60. The Morgan fingerprint density at radius 3 is 2.81 bits per heavy atom. The molecule has 3 aromatic rings. The third-order valence-electron chi connectivity index (χ3n) is 4.66. The van der Waals surface area contributed by atoms with Crippen molar-refractivity contribution >= 4 is 44.9 Å². The fourth-order valence-electron chi connectivity index (χ4n) is 3.30. The van der Waals surface area contributed by atoms with Gasteiger partial charge in [-0.25, -0.2) is 4.98 Å². The summed E-state index contributed by atoms with van der Waals surface area (Å²) in [7, 11) is 0. The maximum atomic E-state index is 11.5. The van der Waals surface area contributed by atoms with Crippen molar-refractivity contribution in [1.29, 1.82) is 0 Å². The Labute approximate surface area is 160 Å². The topological polar surface area (TPSA) is 108 Å². The van der Waals surface area contributed by atoms with Crippen molar-refractivity contribution < 1.29 is 4.79 Å². The first-order chi connectivity index (χ1) is 13.2. The molecule has 4 rings (SSSR count). The van der Waals surface area contributed by atoms with Gasteiger partial charge in [-0.1, -0.05) is 6.58 Å². The van der Waals surface area contributed by atoms with Crippen LogP contribution >= 0.6 is 11.3 Å².